The zero-order valence-corrected chi connectivity index (χ0v) is 18.2. The summed E-state index contributed by atoms with van der Waals surface area (Å²) in [5, 5.41) is 13.2. The molecule has 3 aromatic rings. The van der Waals surface area contributed by atoms with Gasteiger partial charge in [0.1, 0.15) is 11.0 Å². The summed E-state index contributed by atoms with van der Waals surface area (Å²) in [5.74, 6) is 0.582. The van der Waals surface area contributed by atoms with E-state index in [-0.39, 0.29) is 16.8 Å². The minimum absolute atomic E-state index is 0.122. The van der Waals surface area contributed by atoms with Gasteiger partial charge in [-0.1, -0.05) is 11.6 Å². The zero-order chi connectivity index (χ0) is 23.4. The van der Waals surface area contributed by atoms with Gasteiger partial charge in [-0.15, -0.1) is 0 Å². The van der Waals surface area contributed by atoms with Gasteiger partial charge in [-0.25, -0.2) is 4.98 Å². The topological polar surface area (TPSA) is 95.6 Å². The van der Waals surface area contributed by atoms with Crippen LogP contribution in [0.2, 0.25) is 5.15 Å². The molecule has 0 unspecified atom stereocenters. The lowest BCUT2D eigenvalue weighted by molar-refractivity contribution is -0.137. The van der Waals surface area contributed by atoms with Gasteiger partial charge in [0.15, 0.2) is 0 Å². The Hall–Kier alpha value is -3.14. The number of alkyl halides is 3. The van der Waals surface area contributed by atoms with Gasteiger partial charge >= 0.3 is 6.18 Å². The van der Waals surface area contributed by atoms with Gasteiger partial charge in [-0.05, 0) is 49.8 Å². The lowest BCUT2D eigenvalue weighted by Crippen LogP contribution is -2.38. The molecule has 0 atom stereocenters. The van der Waals surface area contributed by atoms with Crippen molar-refractivity contribution in [1.82, 2.24) is 25.5 Å². The monoisotopic (exact) mass is 478 g/mol. The molecule has 1 aliphatic carbocycles. The van der Waals surface area contributed by atoms with Crippen LogP contribution in [0.25, 0.3) is 11.3 Å². The van der Waals surface area contributed by atoms with Gasteiger partial charge in [0, 0.05) is 42.8 Å². The third-order valence-electron chi connectivity index (χ3n) is 5.71. The minimum Gasteiger partial charge on any atom is -0.370 e. The molecule has 0 saturated heterocycles. The van der Waals surface area contributed by atoms with Gasteiger partial charge in [-0.2, -0.15) is 18.3 Å². The fourth-order valence-electron chi connectivity index (χ4n) is 3.87. The number of H-pyrrole nitrogens is 1. The molecule has 174 valence electrons. The summed E-state index contributed by atoms with van der Waals surface area (Å²) in [5.41, 5.74) is 0.463. The Labute approximate surface area is 193 Å². The molecule has 7 nitrogen and oxygen atoms in total. The van der Waals surface area contributed by atoms with Crippen LogP contribution in [-0.4, -0.2) is 38.7 Å². The molecule has 0 aromatic carbocycles. The second-order valence-corrected chi connectivity index (χ2v) is 8.40. The highest BCUT2D eigenvalue weighted by atomic mass is 35.5. The first kappa shape index (κ1) is 23.0. The summed E-state index contributed by atoms with van der Waals surface area (Å²) in [6.07, 6.45) is 2.68. The molecule has 0 aliphatic heterocycles. The number of halogens is 4. The highest BCUT2D eigenvalue weighted by molar-refractivity contribution is 6.32. The van der Waals surface area contributed by atoms with Gasteiger partial charge in [0.05, 0.1) is 16.8 Å². The Kier molecular flexibility index (Phi) is 6.83. The number of amides is 1. The van der Waals surface area contributed by atoms with Gasteiger partial charge in [-0.3, -0.25) is 14.9 Å². The standard InChI is InChI=1S/C22H22ClF3N6O/c23-20-17(8-15(12-29-20)22(24,25)26)21(33)30-16-5-3-13(4-6-16)10-28-19-9-18(31-32-19)14-2-1-7-27-11-14/h1-2,7-9,11-13,16H,3-6,10H2,(H,30,33)(H2,28,31,32)/t13-,16-. The number of anilines is 1. The highest BCUT2D eigenvalue weighted by Gasteiger charge is 2.33. The number of aromatic amines is 1. The van der Waals surface area contributed by atoms with Crippen molar-refractivity contribution >= 4 is 23.3 Å². The van der Waals surface area contributed by atoms with E-state index >= 15 is 0 Å². The normalized spacial score (nSPS) is 18.7. The van der Waals surface area contributed by atoms with Crippen molar-refractivity contribution in [3.05, 3.63) is 59.1 Å². The molecule has 1 saturated carbocycles. The van der Waals surface area contributed by atoms with Crippen molar-refractivity contribution in [1.29, 1.82) is 0 Å². The smallest absolute Gasteiger partial charge is 0.370 e. The maximum absolute atomic E-state index is 12.9. The Morgan fingerprint density at radius 3 is 2.67 bits per heavy atom. The maximum Gasteiger partial charge on any atom is 0.417 e. The van der Waals surface area contributed by atoms with Crippen molar-refractivity contribution in [2.24, 2.45) is 5.92 Å². The number of aromatic nitrogens is 4. The van der Waals surface area contributed by atoms with Crippen LogP contribution in [0, 0.1) is 5.92 Å². The molecule has 1 amide bonds. The van der Waals surface area contributed by atoms with Gasteiger partial charge < -0.3 is 10.6 Å². The fourth-order valence-corrected chi connectivity index (χ4v) is 4.05. The van der Waals surface area contributed by atoms with Crippen LogP contribution >= 0.6 is 11.6 Å². The molecular formula is C22H22ClF3N6O. The maximum atomic E-state index is 12.9. The number of carbonyl (C=O) groups is 1. The summed E-state index contributed by atoms with van der Waals surface area (Å²) >= 11 is 5.86. The molecule has 33 heavy (non-hydrogen) atoms. The Bertz CT molecular complexity index is 1100. The van der Waals surface area contributed by atoms with Crippen LogP contribution in [0.1, 0.15) is 41.6 Å². The second-order valence-electron chi connectivity index (χ2n) is 8.04. The number of hydrogen-bond acceptors (Lipinski definition) is 5. The first-order chi connectivity index (χ1) is 15.8. The van der Waals surface area contributed by atoms with E-state index in [1.165, 1.54) is 0 Å². The Morgan fingerprint density at radius 1 is 1.18 bits per heavy atom. The molecule has 0 radical (unpaired) electrons. The van der Waals surface area contributed by atoms with Crippen molar-refractivity contribution in [2.45, 2.75) is 37.9 Å². The fraction of sp³-hybridized carbons (Fsp3) is 0.364. The van der Waals surface area contributed by atoms with Crippen LogP contribution < -0.4 is 10.6 Å². The van der Waals surface area contributed by atoms with E-state index in [9.17, 15) is 18.0 Å². The average Bonchev–Trinajstić information content (AvgIpc) is 3.28. The predicted octanol–water partition coefficient (Wildman–Crippen LogP) is 4.94. The summed E-state index contributed by atoms with van der Waals surface area (Å²) in [4.78, 5) is 20.1. The quantitative estimate of drug-likeness (QED) is 0.436. The summed E-state index contributed by atoms with van der Waals surface area (Å²) in [7, 11) is 0. The number of pyridine rings is 2. The first-order valence-electron chi connectivity index (χ1n) is 10.5. The molecule has 1 aliphatic rings. The number of nitrogens with zero attached hydrogens (tertiary/aromatic N) is 3. The second kappa shape index (κ2) is 9.78. The lowest BCUT2D eigenvalue weighted by Gasteiger charge is -2.29. The van der Waals surface area contributed by atoms with E-state index in [1.54, 1.807) is 12.4 Å². The summed E-state index contributed by atoms with van der Waals surface area (Å²) < 4.78 is 38.8. The lowest BCUT2D eigenvalue weighted by atomic mass is 9.86. The van der Waals surface area contributed by atoms with Crippen molar-refractivity contribution in [3.63, 3.8) is 0 Å². The minimum atomic E-state index is -4.59. The zero-order valence-electron chi connectivity index (χ0n) is 17.5. The van der Waals surface area contributed by atoms with E-state index in [1.807, 2.05) is 18.2 Å². The van der Waals surface area contributed by atoms with Crippen LogP contribution in [-0.2, 0) is 6.18 Å². The van der Waals surface area contributed by atoms with E-state index in [4.69, 9.17) is 11.6 Å². The molecule has 3 aromatic heterocycles. The van der Waals surface area contributed by atoms with E-state index in [2.05, 4.69) is 30.8 Å². The Morgan fingerprint density at radius 2 is 1.97 bits per heavy atom. The number of carbonyl (C=O) groups excluding carboxylic acids is 1. The van der Waals surface area contributed by atoms with E-state index < -0.39 is 17.6 Å². The van der Waals surface area contributed by atoms with Crippen LogP contribution in [0.15, 0.2) is 42.9 Å². The molecule has 3 N–H and O–H groups in total. The SMILES string of the molecule is O=C(N[C@H]1CC[C@H](CNc2cc(-c3cccnc3)n[nH]2)CC1)c1cc(C(F)(F)F)cnc1Cl. The molecule has 11 heteroatoms. The van der Waals surface area contributed by atoms with Crippen molar-refractivity contribution in [2.75, 3.05) is 11.9 Å². The highest BCUT2D eigenvalue weighted by Crippen LogP contribution is 2.31. The van der Waals surface area contributed by atoms with Crippen LogP contribution in [0.5, 0.6) is 0 Å². The molecule has 0 spiro atoms. The van der Waals surface area contributed by atoms with E-state index in [0.29, 0.717) is 12.1 Å². The first-order valence-corrected chi connectivity index (χ1v) is 10.9. The van der Waals surface area contributed by atoms with Crippen molar-refractivity contribution < 1.29 is 18.0 Å². The third-order valence-corrected chi connectivity index (χ3v) is 6.01. The number of hydrogen-bond donors (Lipinski definition) is 3. The van der Waals surface area contributed by atoms with Crippen LogP contribution in [0.3, 0.4) is 0 Å². The molecular weight excluding hydrogens is 457 g/mol. The number of rotatable bonds is 6. The number of nitrogens with one attached hydrogen (secondary N) is 3. The molecule has 4 rings (SSSR count). The molecule has 0 bridgehead atoms. The Balaban J connectivity index is 1.26. The third kappa shape index (κ3) is 5.81. The van der Waals surface area contributed by atoms with Gasteiger partial charge in [0.25, 0.3) is 5.91 Å². The largest absolute Gasteiger partial charge is 0.417 e. The summed E-state index contributed by atoms with van der Waals surface area (Å²) in [6.45, 7) is 0.749. The predicted molar refractivity (Wildman–Crippen MR) is 118 cm³/mol. The average molecular weight is 479 g/mol. The molecule has 1 fully saturated rings. The molecule has 3 heterocycles. The van der Waals surface area contributed by atoms with Crippen molar-refractivity contribution in [3.8, 4) is 11.3 Å². The summed E-state index contributed by atoms with van der Waals surface area (Å²) in [6, 6.07) is 6.33. The van der Waals surface area contributed by atoms with Gasteiger partial charge in [0.2, 0.25) is 0 Å². The van der Waals surface area contributed by atoms with Crippen LogP contribution in [0.4, 0.5) is 19.0 Å². The van der Waals surface area contributed by atoms with E-state index in [0.717, 1.165) is 55.4 Å².